The molecule has 2 aromatic carbocycles. The lowest BCUT2D eigenvalue weighted by Gasteiger charge is -2.26. The molecule has 0 unspecified atom stereocenters. The third-order valence-corrected chi connectivity index (χ3v) is 4.56. The molecule has 2 nitrogen and oxygen atoms in total. The van der Waals surface area contributed by atoms with Gasteiger partial charge in [0.05, 0.1) is 12.5 Å². The molecule has 0 radical (unpaired) electrons. The highest BCUT2D eigenvalue weighted by molar-refractivity contribution is 5.79. The molecule has 0 aliphatic heterocycles. The van der Waals surface area contributed by atoms with E-state index in [9.17, 15) is 4.79 Å². The van der Waals surface area contributed by atoms with Gasteiger partial charge in [0.25, 0.3) is 0 Å². The highest BCUT2D eigenvalue weighted by Gasteiger charge is 2.21. The fourth-order valence-electron chi connectivity index (χ4n) is 3.31. The summed E-state index contributed by atoms with van der Waals surface area (Å²) in [6, 6.07) is 14.9. The minimum Gasteiger partial charge on any atom is -0.349 e. The maximum absolute atomic E-state index is 12.4. The van der Waals surface area contributed by atoms with Gasteiger partial charge in [-0.15, -0.1) is 0 Å². The molecule has 1 atom stereocenters. The van der Waals surface area contributed by atoms with Crippen molar-refractivity contribution in [2.75, 3.05) is 0 Å². The van der Waals surface area contributed by atoms with Crippen LogP contribution in [0.5, 0.6) is 0 Å². The minimum atomic E-state index is 0.121. The summed E-state index contributed by atoms with van der Waals surface area (Å²) in [5, 5.41) is 3.23. The SMILES string of the molecule is Cc1ccc(C)c(CC(=O)N[C@H]2CCCc3ccccc32)c1. The second-order valence-electron chi connectivity index (χ2n) is 6.32. The van der Waals surface area contributed by atoms with Gasteiger partial charge >= 0.3 is 0 Å². The van der Waals surface area contributed by atoms with Crippen molar-refractivity contribution in [2.24, 2.45) is 0 Å². The Morgan fingerprint density at radius 1 is 1.18 bits per heavy atom. The van der Waals surface area contributed by atoms with E-state index in [2.05, 4.69) is 61.6 Å². The Labute approximate surface area is 132 Å². The lowest BCUT2D eigenvalue weighted by Crippen LogP contribution is -2.32. The summed E-state index contributed by atoms with van der Waals surface area (Å²) in [7, 11) is 0. The number of carbonyl (C=O) groups is 1. The van der Waals surface area contributed by atoms with Gasteiger partial charge in [0.1, 0.15) is 0 Å². The maximum atomic E-state index is 12.4. The normalized spacial score (nSPS) is 16.9. The molecule has 0 saturated carbocycles. The number of benzene rings is 2. The van der Waals surface area contributed by atoms with Gasteiger partial charge in [-0.25, -0.2) is 0 Å². The molecule has 2 heteroatoms. The average Bonchev–Trinajstić information content (AvgIpc) is 2.51. The first kappa shape index (κ1) is 14.8. The quantitative estimate of drug-likeness (QED) is 0.909. The Kier molecular flexibility index (Phi) is 4.28. The van der Waals surface area contributed by atoms with Crippen LogP contribution in [0.3, 0.4) is 0 Å². The van der Waals surface area contributed by atoms with Crippen LogP contribution >= 0.6 is 0 Å². The number of carbonyl (C=O) groups excluding carboxylic acids is 1. The molecule has 0 fully saturated rings. The van der Waals surface area contributed by atoms with Gasteiger partial charge in [0.15, 0.2) is 0 Å². The molecule has 22 heavy (non-hydrogen) atoms. The molecule has 2 aromatic rings. The first-order chi connectivity index (χ1) is 10.6. The van der Waals surface area contributed by atoms with Crippen molar-refractivity contribution >= 4 is 5.91 Å². The van der Waals surface area contributed by atoms with E-state index < -0.39 is 0 Å². The fourth-order valence-corrected chi connectivity index (χ4v) is 3.31. The van der Waals surface area contributed by atoms with Gasteiger partial charge in [-0.2, -0.15) is 0 Å². The largest absolute Gasteiger partial charge is 0.349 e. The van der Waals surface area contributed by atoms with Crippen LogP contribution in [0, 0.1) is 13.8 Å². The van der Waals surface area contributed by atoms with Crippen LogP contribution in [0.4, 0.5) is 0 Å². The van der Waals surface area contributed by atoms with Crippen molar-refractivity contribution in [3.05, 3.63) is 70.3 Å². The third kappa shape index (κ3) is 3.22. The summed E-state index contributed by atoms with van der Waals surface area (Å²) in [4.78, 5) is 12.4. The number of amides is 1. The van der Waals surface area contributed by atoms with Gasteiger partial charge in [0, 0.05) is 0 Å². The van der Waals surface area contributed by atoms with Crippen LogP contribution < -0.4 is 5.32 Å². The van der Waals surface area contributed by atoms with E-state index in [0.717, 1.165) is 24.8 Å². The Morgan fingerprint density at radius 3 is 2.86 bits per heavy atom. The van der Waals surface area contributed by atoms with Crippen molar-refractivity contribution in [1.82, 2.24) is 5.32 Å². The summed E-state index contributed by atoms with van der Waals surface area (Å²) in [6.45, 7) is 4.14. The molecule has 0 aromatic heterocycles. The highest BCUT2D eigenvalue weighted by Crippen LogP contribution is 2.29. The number of aryl methyl sites for hydroxylation is 3. The Balaban J connectivity index is 1.72. The molecular formula is C20H23NO. The second-order valence-corrected chi connectivity index (χ2v) is 6.32. The molecule has 114 valence electrons. The minimum absolute atomic E-state index is 0.121. The molecule has 0 bridgehead atoms. The first-order valence-corrected chi connectivity index (χ1v) is 8.07. The average molecular weight is 293 g/mol. The van der Waals surface area contributed by atoms with E-state index in [4.69, 9.17) is 0 Å². The smallest absolute Gasteiger partial charge is 0.224 e. The predicted molar refractivity (Wildman–Crippen MR) is 89.9 cm³/mol. The zero-order chi connectivity index (χ0) is 15.5. The molecule has 0 spiro atoms. The lowest BCUT2D eigenvalue weighted by molar-refractivity contribution is -0.121. The number of rotatable bonds is 3. The summed E-state index contributed by atoms with van der Waals surface area (Å²) in [5.41, 5.74) is 6.19. The van der Waals surface area contributed by atoms with Gasteiger partial charge < -0.3 is 5.32 Å². The van der Waals surface area contributed by atoms with Crippen molar-refractivity contribution in [2.45, 2.75) is 45.6 Å². The Morgan fingerprint density at radius 2 is 2.00 bits per heavy atom. The first-order valence-electron chi connectivity index (χ1n) is 8.07. The lowest BCUT2D eigenvalue weighted by atomic mass is 9.87. The number of nitrogens with one attached hydrogen (secondary N) is 1. The van der Waals surface area contributed by atoms with E-state index >= 15 is 0 Å². The van der Waals surface area contributed by atoms with Crippen molar-refractivity contribution in [3.63, 3.8) is 0 Å². The molecule has 1 aliphatic carbocycles. The number of hydrogen-bond acceptors (Lipinski definition) is 1. The van der Waals surface area contributed by atoms with Crippen LogP contribution in [-0.2, 0) is 17.6 Å². The predicted octanol–water partition coefficient (Wildman–Crippen LogP) is 4.04. The fraction of sp³-hybridized carbons (Fsp3) is 0.350. The molecule has 0 heterocycles. The molecule has 1 N–H and O–H groups in total. The van der Waals surface area contributed by atoms with E-state index in [0.29, 0.717) is 6.42 Å². The maximum Gasteiger partial charge on any atom is 0.224 e. The molecule has 1 amide bonds. The van der Waals surface area contributed by atoms with Crippen LogP contribution in [0.1, 0.15) is 46.7 Å². The molecule has 1 aliphatic rings. The van der Waals surface area contributed by atoms with E-state index in [1.165, 1.54) is 22.3 Å². The standard InChI is InChI=1S/C20H23NO/c1-14-10-11-15(2)17(12-14)13-20(22)21-19-9-5-7-16-6-3-4-8-18(16)19/h3-4,6,8,10-12,19H,5,7,9,13H2,1-2H3,(H,21,22)/t19-/m0/s1. The summed E-state index contributed by atoms with van der Waals surface area (Å²) in [6.07, 6.45) is 3.77. The van der Waals surface area contributed by atoms with Gasteiger partial charge in [-0.05, 0) is 55.4 Å². The van der Waals surface area contributed by atoms with Crippen LogP contribution in [-0.4, -0.2) is 5.91 Å². The van der Waals surface area contributed by atoms with Crippen molar-refractivity contribution < 1.29 is 4.79 Å². The Bertz CT molecular complexity index is 690. The van der Waals surface area contributed by atoms with Crippen LogP contribution in [0.25, 0.3) is 0 Å². The number of hydrogen-bond donors (Lipinski definition) is 1. The van der Waals surface area contributed by atoms with E-state index in [1.54, 1.807) is 0 Å². The Hall–Kier alpha value is -2.09. The van der Waals surface area contributed by atoms with E-state index in [1.807, 2.05) is 0 Å². The zero-order valence-electron chi connectivity index (χ0n) is 13.4. The van der Waals surface area contributed by atoms with Gasteiger partial charge in [-0.1, -0.05) is 48.0 Å². The van der Waals surface area contributed by atoms with Crippen molar-refractivity contribution in [1.29, 1.82) is 0 Å². The molecule has 0 saturated heterocycles. The van der Waals surface area contributed by atoms with Gasteiger partial charge in [-0.3, -0.25) is 4.79 Å². The van der Waals surface area contributed by atoms with Crippen LogP contribution in [0.2, 0.25) is 0 Å². The van der Waals surface area contributed by atoms with E-state index in [-0.39, 0.29) is 11.9 Å². The summed E-state index contributed by atoms with van der Waals surface area (Å²) in [5.74, 6) is 0.121. The molecule has 3 rings (SSSR count). The second kappa shape index (κ2) is 6.35. The zero-order valence-corrected chi connectivity index (χ0v) is 13.4. The number of fused-ring (bicyclic) bond motifs is 1. The monoisotopic (exact) mass is 293 g/mol. The summed E-state index contributed by atoms with van der Waals surface area (Å²) < 4.78 is 0. The molecular weight excluding hydrogens is 270 g/mol. The van der Waals surface area contributed by atoms with Gasteiger partial charge in [0.2, 0.25) is 5.91 Å². The van der Waals surface area contributed by atoms with Crippen molar-refractivity contribution in [3.8, 4) is 0 Å². The summed E-state index contributed by atoms with van der Waals surface area (Å²) >= 11 is 0. The third-order valence-electron chi connectivity index (χ3n) is 4.56. The topological polar surface area (TPSA) is 29.1 Å². The van der Waals surface area contributed by atoms with Crippen LogP contribution in [0.15, 0.2) is 42.5 Å². The highest BCUT2D eigenvalue weighted by atomic mass is 16.1.